The summed E-state index contributed by atoms with van der Waals surface area (Å²) in [5, 5.41) is 5.74. The maximum Gasteiger partial charge on any atom is 0.417 e. The molecular formula is C38H35F3N6O5S. The Balaban J connectivity index is 0.886. The van der Waals surface area contributed by atoms with Crippen LogP contribution in [0.4, 0.5) is 24.7 Å². The number of benzene rings is 3. The summed E-state index contributed by atoms with van der Waals surface area (Å²) in [5.41, 5.74) is 3.06. The molecule has 7 rings (SSSR count). The molecule has 53 heavy (non-hydrogen) atoms. The van der Waals surface area contributed by atoms with Crippen molar-refractivity contribution in [2.24, 2.45) is 0 Å². The van der Waals surface area contributed by atoms with E-state index in [4.69, 9.17) is 9.47 Å². The van der Waals surface area contributed by atoms with E-state index in [9.17, 15) is 27.6 Å². The molecule has 3 aromatic carbocycles. The number of aromatic nitrogens is 2. The Morgan fingerprint density at radius 2 is 1.77 bits per heavy atom. The molecule has 1 atom stereocenters. The predicted molar refractivity (Wildman–Crippen MR) is 195 cm³/mol. The summed E-state index contributed by atoms with van der Waals surface area (Å²) in [4.78, 5) is 48.9. The number of pyridine rings is 1. The van der Waals surface area contributed by atoms with Gasteiger partial charge in [0.2, 0.25) is 11.8 Å². The summed E-state index contributed by atoms with van der Waals surface area (Å²) in [6.07, 6.45) is -2.56. The number of thiazole rings is 1. The van der Waals surface area contributed by atoms with Crippen LogP contribution in [0.2, 0.25) is 0 Å². The van der Waals surface area contributed by atoms with E-state index >= 15 is 0 Å². The van der Waals surface area contributed by atoms with Gasteiger partial charge in [-0.15, -0.1) is 11.3 Å². The average Bonchev–Trinajstić information content (AvgIpc) is 3.71. The van der Waals surface area contributed by atoms with Crippen LogP contribution in [0.25, 0.3) is 31.9 Å². The van der Waals surface area contributed by atoms with Crippen molar-refractivity contribution in [3.05, 3.63) is 89.6 Å². The van der Waals surface area contributed by atoms with E-state index in [2.05, 4.69) is 20.6 Å². The molecular weight excluding hydrogens is 710 g/mol. The van der Waals surface area contributed by atoms with Gasteiger partial charge < -0.3 is 24.6 Å². The summed E-state index contributed by atoms with van der Waals surface area (Å²) in [6, 6.07) is 17.8. The summed E-state index contributed by atoms with van der Waals surface area (Å²) in [6.45, 7) is 1.63. The lowest BCUT2D eigenvalue weighted by Gasteiger charge is -2.29. The largest absolute Gasteiger partial charge is 0.491 e. The van der Waals surface area contributed by atoms with Crippen molar-refractivity contribution in [1.29, 1.82) is 0 Å². The van der Waals surface area contributed by atoms with Gasteiger partial charge in [0, 0.05) is 62.2 Å². The standard InChI is InChI=1S/C38H35F3N6O5S/c1-46(2)25-5-9-30-32(19-25)53-36(44-30)28-7-3-22(18-29(28)38(39,40)41)23-4-11-33(43-20-23)42-13-14-51-15-16-52-26-6-8-27-24(17-26)21-47(37(27)50)31-10-12-34(48)45-35(31)49/h3-9,11,17-20,31H,10,12-16,21H2,1-2H3,(H,42,43)(H,45,48,49). The minimum atomic E-state index is -4.58. The molecule has 2 aliphatic heterocycles. The highest BCUT2D eigenvalue weighted by molar-refractivity contribution is 7.21. The van der Waals surface area contributed by atoms with Crippen LogP contribution in [-0.4, -0.2) is 79.1 Å². The molecule has 11 nitrogen and oxygen atoms in total. The Labute approximate surface area is 306 Å². The van der Waals surface area contributed by atoms with E-state index in [1.165, 1.54) is 28.5 Å². The highest BCUT2D eigenvalue weighted by atomic mass is 32.1. The molecule has 0 aliphatic carbocycles. The highest BCUT2D eigenvalue weighted by Gasteiger charge is 2.39. The van der Waals surface area contributed by atoms with Gasteiger partial charge in [0.15, 0.2) is 0 Å². The maximum atomic E-state index is 14.3. The fourth-order valence-electron chi connectivity index (χ4n) is 6.33. The van der Waals surface area contributed by atoms with Gasteiger partial charge in [0.05, 0.1) is 29.0 Å². The lowest BCUT2D eigenvalue weighted by Crippen LogP contribution is -2.52. The van der Waals surface area contributed by atoms with Crippen LogP contribution < -0.4 is 20.3 Å². The number of fused-ring (bicyclic) bond motifs is 2. The number of ether oxygens (including phenoxy) is 2. The molecule has 274 valence electrons. The Hall–Kier alpha value is -5.54. The Bertz CT molecular complexity index is 2190. The summed E-state index contributed by atoms with van der Waals surface area (Å²) < 4.78 is 55.2. The number of nitrogens with one attached hydrogen (secondary N) is 2. The lowest BCUT2D eigenvalue weighted by atomic mass is 10.00. The first-order valence-electron chi connectivity index (χ1n) is 16.9. The number of carbonyl (C=O) groups is 3. The molecule has 2 aliphatic rings. The van der Waals surface area contributed by atoms with Crippen LogP contribution in [0, 0.1) is 0 Å². The number of piperidine rings is 1. The Kier molecular flexibility index (Phi) is 10.0. The van der Waals surface area contributed by atoms with Gasteiger partial charge in [0.25, 0.3) is 5.91 Å². The molecule has 0 bridgehead atoms. The topological polar surface area (TPSA) is 126 Å². The first-order valence-corrected chi connectivity index (χ1v) is 17.7. The quantitative estimate of drug-likeness (QED) is 0.111. The zero-order valence-corrected chi connectivity index (χ0v) is 29.6. The molecule has 1 fully saturated rings. The van der Waals surface area contributed by atoms with Gasteiger partial charge in [0.1, 0.15) is 29.2 Å². The van der Waals surface area contributed by atoms with E-state index in [-0.39, 0.29) is 37.0 Å². The van der Waals surface area contributed by atoms with E-state index < -0.39 is 23.7 Å². The fourth-order valence-corrected chi connectivity index (χ4v) is 7.37. The van der Waals surface area contributed by atoms with Gasteiger partial charge in [-0.1, -0.05) is 12.1 Å². The Morgan fingerprint density at radius 3 is 2.53 bits per heavy atom. The maximum absolute atomic E-state index is 14.3. The van der Waals surface area contributed by atoms with Gasteiger partial charge in [-0.05, 0) is 72.1 Å². The first kappa shape index (κ1) is 35.8. The zero-order chi connectivity index (χ0) is 37.3. The van der Waals surface area contributed by atoms with Crippen molar-refractivity contribution < 1.29 is 37.0 Å². The third-order valence-corrected chi connectivity index (χ3v) is 10.1. The minimum absolute atomic E-state index is 0.0348. The second-order valence-electron chi connectivity index (χ2n) is 12.9. The lowest BCUT2D eigenvalue weighted by molar-refractivity contribution is -0.138. The first-order chi connectivity index (χ1) is 25.4. The predicted octanol–water partition coefficient (Wildman–Crippen LogP) is 6.38. The monoisotopic (exact) mass is 744 g/mol. The van der Waals surface area contributed by atoms with Crippen LogP contribution in [0.1, 0.15) is 34.3 Å². The van der Waals surface area contributed by atoms with Crippen LogP contribution in [-0.2, 0) is 27.0 Å². The third kappa shape index (κ3) is 7.81. The van der Waals surface area contributed by atoms with Gasteiger partial charge in [-0.3, -0.25) is 19.7 Å². The number of imide groups is 1. The molecule has 0 radical (unpaired) electrons. The Morgan fingerprint density at radius 1 is 0.962 bits per heavy atom. The number of halogens is 3. The van der Waals surface area contributed by atoms with E-state index in [0.29, 0.717) is 65.0 Å². The average molecular weight is 745 g/mol. The van der Waals surface area contributed by atoms with Crippen LogP contribution in [0.5, 0.6) is 5.75 Å². The van der Waals surface area contributed by atoms with Crippen LogP contribution >= 0.6 is 11.3 Å². The number of carbonyl (C=O) groups excluding carboxylic acids is 3. The number of alkyl halides is 3. The second kappa shape index (κ2) is 14.8. The summed E-state index contributed by atoms with van der Waals surface area (Å²) >= 11 is 1.23. The normalized spacial score (nSPS) is 15.8. The van der Waals surface area contributed by atoms with Gasteiger partial charge >= 0.3 is 6.18 Å². The number of hydrogen-bond donors (Lipinski definition) is 2. The number of anilines is 2. The van der Waals surface area contributed by atoms with Crippen LogP contribution in [0.15, 0.2) is 72.9 Å². The van der Waals surface area contributed by atoms with Crippen molar-refractivity contribution >= 4 is 50.8 Å². The summed E-state index contributed by atoms with van der Waals surface area (Å²) in [5.74, 6) is 0.0871. The molecule has 1 saturated heterocycles. The van der Waals surface area contributed by atoms with Crippen molar-refractivity contribution in [3.8, 4) is 27.4 Å². The number of amides is 3. The van der Waals surface area contributed by atoms with Crippen molar-refractivity contribution in [2.75, 3.05) is 50.7 Å². The number of hydrogen-bond acceptors (Lipinski definition) is 10. The van der Waals surface area contributed by atoms with Gasteiger partial charge in [-0.25, -0.2) is 9.97 Å². The minimum Gasteiger partial charge on any atom is -0.491 e. The van der Waals surface area contributed by atoms with Crippen molar-refractivity contribution in [1.82, 2.24) is 20.2 Å². The van der Waals surface area contributed by atoms with Crippen molar-refractivity contribution in [2.45, 2.75) is 31.6 Å². The molecule has 2 aromatic heterocycles. The van der Waals surface area contributed by atoms with Crippen molar-refractivity contribution in [3.63, 3.8) is 0 Å². The number of rotatable bonds is 12. The van der Waals surface area contributed by atoms with E-state index in [0.717, 1.165) is 22.0 Å². The zero-order valence-electron chi connectivity index (χ0n) is 28.8. The molecule has 15 heteroatoms. The van der Waals surface area contributed by atoms with E-state index in [1.807, 2.05) is 37.2 Å². The SMILES string of the molecule is CN(C)c1ccc2nc(-c3ccc(-c4ccc(NCCOCCOc5ccc6c(c5)CN(C5CCC(=O)NC5=O)C6=O)nc4)cc3C(F)(F)F)sc2c1. The summed E-state index contributed by atoms with van der Waals surface area (Å²) in [7, 11) is 3.81. The van der Waals surface area contributed by atoms with E-state index in [1.54, 1.807) is 36.4 Å². The molecule has 0 spiro atoms. The van der Waals surface area contributed by atoms with Crippen LogP contribution in [0.3, 0.4) is 0 Å². The molecule has 5 aromatic rings. The number of nitrogens with zero attached hydrogens (tertiary/aromatic N) is 4. The molecule has 0 saturated carbocycles. The molecule has 1 unspecified atom stereocenters. The smallest absolute Gasteiger partial charge is 0.417 e. The molecule has 3 amide bonds. The fraction of sp³-hybridized carbons (Fsp3) is 0.289. The third-order valence-electron chi connectivity index (χ3n) is 9.08. The highest BCUT2D eigenvalue weighted by Crippen LogP contribution is 2.42. The second-order valence-corrected chi connectivity index (χ2v) is 13.9. The molecule has 2 N–H and O–H groups in total. The molecule has 4 heterocycles. The van der Waals surface area contributed by atoms with Gasteiger partial charge in [-0.2, -0.15) is 13.2 Å².